The quantitative estimate of drug-likeness (QED) is 0.872. The molecule has 0 radical (unpaired) electrons. The Bertz CT molecular complexity index is 406. The average molecular weight is 330 g/mol. The number of carbonyl (C=O) groups is 1. The van der Waals surface area contributed by atoms with E-state index < -0.39 is 12.2 Å². The van der Waals surface area contributed by atoms with Gasteiger partial charge >= 0.3 is 0 Å². The molecular weight excluding hydrogens is 310 g/mol. The van der Waals surface area contributed by atoms with Crippen LogP contribution in [0.1, 0.15) is 20.3 Å². The van der Waals surface area contributed by atoms with Gasteiger partial charge in [-0.2, -0.15) is 0 Å². The van der Waals surface area contributed by atoms with Crippen LogP contribution in [-0.4, -0.2) is 41.7 Å². The summed E-state index contributed by atoms with van der Waals surface area (Å²) in [6.45, 7) is 3.95. The number of nitrogens with zero attached hydrogens (tertiary/aromatic N) is 1. The summed E-state index contributed by atoms with van der Waals surface area (Å²) < 4.78 is 6.55. The first-order valence-corrected chi connectivity index (χ1v) is 7.04. The zero-order chi connectivity index (χ0) is 14.4. The number of hydrogen-bond donors (Lipinski definition) is 1. The van der Waals surface area contributed by atoms with Gasteiger partial charge in [0.05, 0.1) is 6.10 Å². The van der Waals surface area contributed by atoms with Crippen LogP contribution in [0.15, 0.2) is 28.7 Å². The molecule has 0 spiro atoms. The van der Waals surface area contributed by atoms with E-state index in [1.807, 2.05) is 24.3 Å². The summed E-state index contributed by atoms with van der Waals surface area (Å²) in [5.41, 5.74) is 0. The summed E-state index contributed by atoms with van der Waals surface area (Å²) in [5.74, 6) is 0.566. The Morgan fingerprint density at radius 2 is 1.95 bits per heavy atom. The van der Waals surface area contributed by atoms with Gasteiger partial charge in [-0.1, -0.05) is 15.9 Å². The van der Waals surface area contributed by atoms with Crippen LogP contribution in [0.2, 0.25) is 0 Å². The molecule has 2 atom stereocenters. The van der Waals surface area contributed by atoms with Crippen molar-refractivity contribution in [2.45, 2.75) is 32.5 Å². The Labute approximate surface area is 122 Å². The maximum Gasteiger partial charge on any atom is 0.263 e. The molecule has 0 aliphatic carbocycles. The third-order valence-corrected chi connectivity index (χ3v) is 3.26. The van der Waals surface area contributed by atoms with E-state index in [0.29, 0.717) is 18.7 Å². The van der Waals surface area contributed by atoms with Crippen molar-refractivity contribution < 1.29 is 14.6 Å². The number of halogens is 1. The molecule has 0 fully saturated rings. The molecule has 1 aromatic rings. The Hall–Kier alpha value is -1.07. The summed E-state index contributed by atoms with van der Waals surface area (Å²) >= 11 is 3.34. The number of hydrogen-bond acceptors (Lipinski definition) is 3. The largest absolute Gasteiger partial charge is 0.481 e. The third-order valence-electron chi connectivity index (χ3n) is 2.73. The monoisotopic (exact) mass is 329 g/mol. The van der Waals surface area contributed by atoms with E-state index >= 15 is 0 Å². The van der Waals surface area contributed by atoms with Crippen molar-refractivity contribution in [1.29, 1.82) is 0 Å². The fraction of sp³-hybridized carbons (Fsp3) is 0.500. The summed E-state index contributed by atoms with van der Waals surface area (Å²) in [5, 5.41) is 9.21. The van der Waals surface area contributed by atoms with Crippen molar-refractivity contribution in [2.75, 3.05) is 13.6 Å². The molecule has 0 aliphatic heterocycles. The van der Waals surface area contributed by atoms with Gasteiger partial charge in [0.2, 0.25) is 0 Å². The van der Waals surface area contributed by atoms with Crippen molar-refractivity contribution in [3.8, 4) is 5.75 Å². The number of aliphatic hydroxyl groups is 1. The number of carbonyl (C=O) groups excluding carboxylic acids is 1. The number of aliphatic hydroxyl groups excluding tert-OH is 1. The van der Waals surface area contributed by atoms with E-state index in [9.17, 15) is 9.90 Å². The van der Waals surface area contributed by atoms with Crippen LogP contribution in [0.25, 0.3) is 0 Å². The van der Waals surface area contributed by atoms with E-state index in [2.05, 4.69) is 15.9 Å². The lowest BCUT2D eigenvalue weighted by Crippen LogP contribution is -2.39. The Balaban J connectivity index is 2.50. The highest BCUT2D eigenvalue weighted by Crippen LogP contribution is 2.17. The molecule has 0 saturated heterocycles. The first-order valence-electron chi connectivity index (χ1n) is 6.25. The predicted octanol–water partition coefficient (Wildman–Crippen LogP) is 2.45. The molecule has 2 unspecified atom stereocenters. The standard InChI is InChI=1S/C14H20BrNO3/c1-10(17)8-9-16(3)14(18)11(2)19-13-6-4-12(15)5-7-13/h4-7,10-11,17H,8-9H2,1-3H3. The minimum atomic E-state index is -0.542. The molecule has 0 bridgehead atoms. The first-order chi connectivity index (χ1) is 8.90. The van der Waals surface area contributed by atoms with Crippen molar-refractivity contribution in [1.82, 2.24) is 4.90 Å². The fourth-order valence-electron chi connectivity index (χ4n) is 1.57. The lowest BCUT2D eigenvalue weighted by molar-refractivity contribution is -0.136. The van der Waals surface area contributed by atoms with Crippen LogP contribution in [-0.2, 0) is 4.79 Å². The van der Waals surface area contributed by atoms with Crippen LogP contribution in [0, 0.1) is 0 Å². The van der Waals surface area contributed by atoms with Crippen LogP contribution in [0.4, 0.5) is 0 Å². The lowest BCUT2D eigenvalue weighted by Gasteiger charge is -2.22. The molecule has 0 aliphatic rings. The van der Waals surface area contributed by atoms with E-state index in [1.54, 1.807) is 25.8 Å². The third kappa shape index (κ3) is 5.61. The molecule has 4 nitrogen and oxygen atoms in total. The number of likely N-dealkylation sites (N-methyl/N-ethyl adjacent to an activating group) is 1. The van der Waals surface area contributed by atoms with Gasteiger partial charge in [0.15, 0.2) is 6.10 Å². The zero-order valence-corrected chi connectivity index (χ0v) is 13.1. The average Bonchev–Trinajstić information content (AvgIpc) is 2.37. The predicted molar refractivity (Wildman–Crippen MR) is 78.2 cm³/mol. The summed E-state index contributed by atoms with van der Waals surface area (Å²) in [7, 11) is 1.71. The molecule has 1 N–H and O–H groups in total. The molecule has 1 aromatic carbocycles. The lowest BCUT2D eigenvalue weighted by atomic mass is 10.2. The molecule has 19 heavy (non-hydrogen) atoms. The fourth-order valence-corrected chi connectivity index (χ4v) is 1.83. The summed E-state index contributed by atoms with van der Waals surface area (Å²) in [6, 6.07) is 7.35. The molecule has 0 aromatic heterocycles. The van der Waals surface area contributed by atoms with Crippen molar-refractivity contribution in [2.24, 2.45) is 0 Å². The SMILES string of the molecule is CC(O)CCN(C)C(=O)C(C)Oc1ccc(Br)cc1. The van der Waals surface area contributed by atoms with E-state index in [1.165, 1.54) is 0 Å². The van der Waals surface area contributed by atoms with Crippen molar-refractivity contribution in [3.63, 3.8) is 0 Å². The van der Waals surface area contributed by atoms with Gasteiger partial charge in [0.25, 0.3) is 5.91 Å². The van der Waals surface area contributed by atoms with Crippen LogP contribution < -0.4 is 4.74 Å². The van der Waals surface area contributed by atoms with E-state index in [0.717, 1.165) is 4.47 Å². The van der Waals surface area contributed by atoms with Crippen LogP contribution in [0.3, 0.4) is 0 Å². The summed E-state index contributed by atoms with van der Waals surface area (Å²) in [6.07, 6.45) is -0.383. The Morgan fingerprint density at radius 1 is 1.37 bits per heavy atom. The molecule has 1 rings (SSSR count). The number of ether oxygens (including phenoxy) is 1. The van der Waals surface area contributed by atoms with Gasteiger partial charge < -0.3 is 14.7 Å². The molecular formula is C14H20BrNO3. The van der Waals surface area contributed by atoms with Gasteiger partial charge in [-0.15, -0.1) is 0 Å². The van der Waals surface area contributed by atoms with Crippen molar-refractivity contribution in [3.05, 3.63) is 28.7 Å². The van der Waals surface area contributed by atoms with Gasteiger partial charge in [-0.3, -0.25) is 4.79 Å². The highest BCUT2D eigenvalue weighted by Gasteiger charge is 2.19. The highest BCUT2D eigenvalue weighted by molar-refractivity contribution is 9.10. The van der Waals surface area contributed by atoms with Crippen molar-refractivity contribution >= 4 is 21.8 Å². The number of rotatable bonds is 6. The Kier molecular flexibility index (Phi) is 6.31. The van der Waals surface area contributed by atoms with Gasteiger partial charge in [0.1, 0.15) is 5.75 Å². The second-order valence-electron chi connectivity index (χ2n) is 4.61. The maximum atomic E-state index is 12.0. The number of amides is 1. The second kappa shape index (κ2) is 7.50. The second-order valence-corrected chi connectivity index (χ2v) is 5.53. The zero-order valence-electron chi connectivity index (χ0n) is 11.5. The first kappa shape index (κ1) is 16.0. The van der Waals surface area contributed by atoms with E-state index in [4.69, 9.17) is 4.74 Å². The normalized spacial score (nSPS) is 13.7. The Morgan fingerprint density at radius 3 is 2.47 bits per heavy atom. The maximum absolute atomic E-state index is 12.0. The number of benzene rings is 1. The van der Waals surface area contributed by atoms with Gasteiger partial charge in [-0.05, 0) is 44.5 Å². The molecule has 1 amide bonds. The minimum absolute atomic E-state index is 0.0939. The summed E-state index contributed by atoms with van der Waals surface area (Å²) in [4.78, 5) is 13.6. The molecule has 0 heterocycles. The van der Waals surface area contributed by atoms with Crippen LogP contribution in [0.5, 0.6) is 5.75 Å². The van der Waals surface area contributed by atoms with E-state index in [-0.39, 0.29) is 5.91 Å². The molecule has 106 valence electrons. The smallest absolute Gasteiger partial charge is 0.263 e. The van der Waals surface area contributed by atoms with Crippen LogP contribution >= 0.6 is 15.9 Å². The van der Waals surface area contributed by atoms with Gasteiger partial charge in [-0.25, -0.2) is 0 Å². The molecule has 5 heteroatoms. The highest BCUT2D eigenvalue weighted by atomic mass is 79.9. The minimum Gasteiger partial charge on any atom is -0.481 e. The topological polar surface area (TPSA) is 49.8 Å². The molecule has 0 saturated carbocycles. The van der Waals surface area contributed by atoms with Gasteiger partial charge in [0, 0.05) is 18.1 Å².